The molecule has 1 aromatic carbocycles. The van der Waals surface area contributed by atoms with E-state index in [2.05, 4.69) is 25.8 Å². The fourth-order valence-electron chi connectivity index (χ4n) is 2.90. The quantitative estimate of drug-likeness (QED) is 0.837. The van der Waals surface area contributed by atoms with Crippen molar-refractivity contribution in [1.82, 2.24) is 4.98 Å². The van der Waals surface area contributed by atoms with Gasteiger partial charge in [-0.1, -0.05) is 27.7 Å². The second kappa shape index (κ2) is 6.88. The fraction of sp³-hybridized carbons (Fsp3) is 0.450. The van der Waals surface area contributed by atoms with Gasteiger partial charge in [-0.05, 0) is 49.1 Å². The van der Waals surface area contributed by atoms with E-state index in [-0.39, 0.29) is 23.0 Å². The van der Waals surface area contributed by atoms with Gasteiger partial charge < -0.3 is 4.98 Å². The second-order valence-corrected chi connectivity index (χ2v) is 7.00. The third-order valence-electron chi connectivity index (χ3n) is 4.79. The number of nitrogens with one attached hydrogen (secondary N) is 1. The monoisotopic (exact) mass is 333 g/mol. The topological polar surface area (TPSA) is 32.9 Å². The van der Waals surface area contributed by atoms with Crippen molar-refractivity contribution >= 4 is 0 Å². The highest BCUT2D eigenvalue weighted by atomic mass is 19.1. The summed E-state index contributed by atoms with van der Waals surface area (Å²) in [5, 5.41) is 0. The standard InChI is InChI=1S/C20H25F2NO/c1-6-13-10-14(19(24)23-18(13)20(4,5)7-2)11-15-16(21)8-12(3)9-17(15)22/h8-10H,6-7,11H2,1-5H3,(H,23,24). The SMILES string of the molecule is CCc1cc(Cc2c(F)cc(C)cc2F)c(=O)[nH]c1C(C)(C)CC. The largest absolute Gasteiger partial charge is 0.325 e. The normalized spacial score (nSPS) is 11.8. The van der Waals surface area contributed by atoms with Gasteiger partial charge in [0, 0.05) is 28.7 Å². The molecular formula is C20H25F2NO. The molecule has 0 aliphatic rings. The van der Waals surface area contributed by atoms with Crippen LogP contribution in [-0.4, -0.2) is 4.98 Å². The van der Waals surface area contributed by atoms with E-state index < -0.39 is 11.6 Å². The number of aromatic nitrogens is 1. The van der Waals surface area contributed by atoms with E-state index in [0.717, 1.165) is 24.1 Å². The molecule has 4 heteroatoms. The number of aromatic amines is 1. The van der Waals surface area contributed by atoms with Crippen molar-refractivity contribution in [2.75, 3.05) is 0 Å². The molecule has 2 aromatic rings. The molecule has 24 heavy (non-hydrogen) atoms. The maximum Gasteiger partial charge on any atom is 0.251 e. The summed E-state index contributed by atoms with van der Waals surface area (Å²) in [6.45, 7) is 9.88. The molecular weight excluding hydrogens is 308 g/mol. The van der Waals surface area contributed by atoms with Crippen molar-refractivity contribution in [2.45, 2.75) is 59.3 Å². The number of pyridine rings is 1. The minimum absolute atomic E-state index is 0.0485. The van der Waals surface area contributed by atoms with Crippen LogP contribution < -0.4 is 5.56 Å². The van der Waals surface area contributed by atoms with Crippen molar-refractivity contribution in [3.8, 4) is 0 Å². The molecule has 0 saturated carbocycles. The van der Waals surface area contributed by atoms with Crippen LogP contribution in [0.4, 0.5) is 8.78 Å². The summed E-state index contributed by atoms with van der Waals surface area (Å²) in [5.41, 5.74) is 2.36. The molecule has 0 aliphatic heterocycles. The molecule has 0 atom stereocenters. The Hall–Kier alpha value is -1.97. The molecule has 2 nitrogen and oxygen atoms in total. The first-order chi connectivity index (χ1) is 11.2. The van der Waals surface area contributed by atoms with Crippen LogP contribution in [0.5, 0.6) is 0 Å². The van der Waals surface area contributed by atoms with Crippen LogP contribution >= 0.6 is 0 Å². The van der Waals surface area contributed by atoms with Gasteiger partial charge in [0.15, 0.2) is 0 Å². The molecule has 0 amide bonds. The predicted molar refractivity (Wildman–Crippen MR) is 93.7 cm³/mol. The van der Waals surface area contributed by atoms with Gasteiger partial charge in [0.25, 0.3) is 5.56 Å². The molecule has 1 N–H and O–H groups in total. The van der Waals surface area contributed by atoms with Crippen molar-refractivity contribution in [1.29, 1.82) is 0 Å². The lowest BCUT2D eigenvalue weighted by atomic mass is 9.82. The number of benzene rings is 1. The molecule has 0 unspecified atom stereocenters. The van der Waals surface area contributed by atoms with E-state index in [4.69, 9.17) is 0 Å². The summed E-state index contributed by atoms with van der Waals surface area (Å²) in [6, 6.07) is 4.38. The smallest absolute Gasteiger partial charge is 0.251 e. The van der Waals surface area contributed by atoms with E-state index in [0.29, 0.717) is 11.1 Å². The van der Waals surface area contributed by atoms with E-state index in [1.807, 2.05) is 6.92 Å². The van der Waals surface area contributed by atoms with Gasteiger partial charge in [-0.15, -0.1) is 0 Å². The first-order valence-corrected chi connectivity index (χ1v) is 8.39. The van der Waals surface area contributed by atoms with Crippen LogP contribution in [0.25, 0.3) is 0 Å². The van der Waals surface area contributed by atoms with Gasteiger partial charge in [0.1, 0.15) is 11.6 Å². The summed E-state index contributed by atoms with van der Waals surface area (Å²) in [7, 11) is 0. The highest BCUT2D eigenvalue weighted by molar-refractivity contribution is 5.35. The third kappa shape index (κ3) is 3.58. The molecule has 0 fully saturated rings. The lowest BCUT2D eigenvalue weighted by Gasteiger charge is -2.26. The summed E-state index contributed by atoms with van der Waals surface area (Å²) in [5.74, 6) is -1.22. The summed E-state index contributed by atoms with van der Waals surface area (Å²) in [6.07, 6.45) is 1.59. The first kappa shape index (κ1) is 18.4. The third-order valence-corrected chi connectivity index (χ3v) is 4.79. The molecule has 0 aliphatic carbocycles. The lowest BCUT2D eigenvalue weighted by Crippen LogP contribution is -2.26. The van der Waals surface area contributed by atoms with Crippen LogP contribution in [-0.2, 0) is 18.3 Å². The van der Waals surface area contributed by atoms with Gasteiger partial charge in [-0.25, -0.2) is 8.78 Å². The van der Waals surface area contributed by atoms with E-state index in [1.54, 1.807) is 13.0 Å². The molecule has 1 heterocycles. The Labute approximate surface area is 141 Å². The minimum Gasteiger partial charge on any atom is -0.325 e. The number of halogens is 2. The maximum atomic E-state index is 14.1. The number of rotatable bonds is 5. The van der Waals surface area contributed by atoms with E-state index >= 15 is 0 Å². The minimum atomic E-state index is -0.608. The Balaban J connectivity index is 2.52. The fourth-order valence-corrected chi connectivity index (χ4v) is 2.90. The number of aryl methyl sites for hydroxylation is 2. The Kier molecular flexibility index (Phi) is 5.26. The van der Waals surface area contributed by atoms with Crippen LogP contribution in [0.15, 0.2) is 23.0 Å². The van der Waals surface area contributed by atoms with Crippen LogP contribution in [0.1, 0.15) is 62.1 Å². The molecule has 0 spiro atoms. The maximum absolute atomic E-state index is 14.1. The average Bonchev–Trinajstić information content (AvgIpc) is 2.51. The predicted octanol–water partition coefficient (Wildman–Crippen LogP) is 4.80. The summed E-state index contributed by atoms with van der Waals surface area (Å²) < 4.78 is 28.2. The van der Waals surface area contributed by atoms with Crippen LogP contribution in [0.3, 0.4) is 0 Å². The lowest BCUT2D eigenvalue weighted by molar-refractivity contribution is 0.483. The van der Waals surface area contributed by atoms with Gasteiger partial charge >= 0.3 is 0 Å². The molecule has 1 aromatic heterocycles. The summed E-state index contributed by atoms with van der Waals surface area (Å²) >= 11 is 0. The Bertz CT molecular complexity index is 783. The van der Waals surface area contributed by atoms with Crippen molar-refractivity contribution < 1.29 is 8.78 Å². The van der Waals surface area contributed by atoms with Crippen LogP contribution in [0, 0.1) is 18.6 Å². The van der Waals surface area contributed by atoms with Gasteiger partial charge in [0.2, 0.25) is 0 Å². The zero-order valence-corrected chi connectivity index (χ0v) is 15.0. The Morgan fingerprint density at radius 1 is 1.04 bits per heavy atom. The van der Waals surface area contributed by atoms with Crippen LogP contribution in [0.2, 0.25) is 0 Å². The molecule has 0 bridgehead atoms. The van der Waals surface area contributed by atoms with Crippen molar-refractivity contribution in [3.05, 3.63) is 68.1 Å². The van der Waals surface area contributed by atoms with Gasteiger partial charge in [-0.2, -0.15) is 0 Å². The number of hydrogen-bond acceptors (Lipinski definition) is 1. The Morgan fingerprint density at radius 2 is 1.62 bits per heavy atom. The molecule has 0 radical (unpaired) electrons. The molecule has 0 saturated heterocycles. The van der Waals surface area contributed by atoms with Crippen molar-refractivity contribution in [2.24, 2.45) is 0 Å². The molecule has 130 valence electrons. The van der Waals surface area contributed by atoms with Gasteiger partial charge in [0.05, 0.1) is 0 Å². The Morgan fingerprint density at radius 3 is 2.12 bits per heavy atom. The average molecular weight is 333 g/mol. The second-order valence-electron chi connectivity index (χ2n) is 7.00. The number of H-pyrrole nitrogens is 1. The first-order valence-electron chi connectivity index (χ1n) is 8.39. The van der Waals surface area contributed by atoms with E-state index in [1.165, 1.54) is 12.1 Å². The molecule has 2 rings (SSSR count). The van der Waals surface area contributed by atoms with Crippen molar-refractivity contribution in [3.63, 3.8) is 0 Å². The van der Waals surface area contributed by atoms with E-state index in [9.17, 15) is 13.6 Å². The number of hydrogen-bond donors (Lipinski definition) is 1. The summed E-state index contributed by atoms with van der Waals surface area (Å²) in [4.78, 5) is 15.4. The highest BCUT2D eigenvalue weighted by Gasteiger charge is 2.23. The zero-order valence-electron chi connectivity index (χ0n) is 15.0. The highest BCUT2D eigenvalue weighted by Crippen LogP contribution is 2.28. The zero-order chi connectivity index (χ0) is 18.1. The van der Waals surface area contributed by atoms with Gasteiger partial charge in [-0.3, -0.25) is 4.79 Å².